The number of nitrogens with one attached hydrogen (secondary N) is 3. The number of nitrogens with zero attached hydrogens (tertiary/aromatic N) is 3. The minimum Gasteiger partial charge on any atom is -0.338 e. The van der Waals surface area contributed by atoms with Gasteiger partial charge in [-0.2, -0.15) is 0 Å². The van der Waals surface area contributed by atoms with E-state index >= 15 is 0 Å². The van der Waals surface area contributed by atoms with E-state index in [0.29, 0.717) is 32.0 Å². The van der Waals surface area contributed by atoms with Crippen LogP contribution in [0.3, 0.4) is 0 Å². The molecule has 34 heavy (non-hydrogen) atoms. The van der Waals surface area contributed by atoms with Gasteiger partial charge in [-0.15, -0.1) is 0 Å². The molecule has 1 aromatic heterocycles. The minimum atomic E-state index is -1.03. The van der Waals surface area contributed by atoms with Crippen LogP contribution in [0, 0.1) is 0 Å². The van der Waals surface area contributed by atoms with E-state index in [-0.39, 0.29) is 11.9 Å². The first-order chi connectivity index (χ1) is 16.5. The summed E-state index contributed by atoms with van der Waals surface area (Å²) < 4.78 is 0. The lowest BCUT2D eigenvalue weighted by molar-refractivity contribution is -0.132. The summed E-state index contributed by atoms with van der Waals surface area (Å²) in [7, 11) is 0. The Morgan fingerprint density at radius 1 is 1.06 bits per heavy atom. The molecule has 3 amide bonds. The number of urea groups is 1. The van der Waals surface area contributed by atoms with Crippen LogP contribution in [0.4, 0.5) is 4.79 Å². The lowest BCUT2D eigenvalue weighted by Crippen LogP contribution is -2.46. The normalized spacial score (nSPS) is 17.4. The van der Waals surface area contributed by atoms with Crippen molar-refractivity contribution in [3.63, 3.8) is 0 Å². The van der Waals surface area contributed by atoms with Crippen molar-refractivity contribution in [2.24, 2.45) is 10.8 Å². The van der Waals surface area contributed by atoms with Crippen LogP contribution in [0.2, 0.25) is 0 Å². The predicted octanol–water partition coefficient (Wildman–Crippen LogP) is 2.93. The highest BCUT2D eigenvalue weighted by Gasteiger charge is 2.49. The second-order valence-electron chi connectivity index (χ2n) is 8.46. The molecule has 0 fully saturated rings. The fraction of sp³-hybridized carbons (Fsp3) is 0.440. The molecule has 1 aromatic carbocycles. The number of hydrazine groups is 1. The zero-order valence-electron chi connectivity index (χ0n) is 20.0. The van der Waals surface area contributed by atoms with Gasteiger partial charge in [-0.05, 0) is 30.0 Å². The molecule has 0 saturated heterocycles. The molecule has 0 radical (unpaired) electrons. The number of nitrogens with two attached hydrogens (primary N) is 1. The summed E-state index contributed by atoms with van der Waals surface area (Å²) >= 11 is 0. The third-order valence-corrected chi connectivity index (χ3v) is 5.94. The Kier molecular flexibility index (Phi) is 8.98. The van der Waals surface area contributed by atoms with Gasteiger partial charge >= 0.3 is 6.03 Å². The molecule has 0 aliphatic carbocycles. The van der Waals surface area contributed by atoms with Crippen LogP contribution in [-0.2, 0) is 23.4 Å². The number of amides is 3. The first-order valence-corrected chi connectivity index (χ1v) is 11.9. The number of aromatic nitrogens is 1. The summed E-state index contributed by atoms with van der Waals surface area (Å²) in [5, 5.41) is 5.69. The van der Waals surface area contributed by atoms with Crippen molar-refractivity contribution < 1.29 is 9.59 Å². The lowest BCUT2D eigenvalue weighted by Gasteiger charge is -2.26. The highest BCUT2D eigenvalue weighted by atomic mass is 16.2. The number of pyridine rings is 1. The van der Waals surface area contributed by atoms with Crippen molar-refractivity contribution in [2.45, 2.75) is 64.6 Å². The van der Waals surface area contributed by atoms with Crippen LogP contribution in [-0.4, -0.2) is 34.3 Å². The van der Waals surface area contributed by atoms with E-state index in [1.807, 2.05) is 36.4 Å². The summed E-state index contributed by atoms with van der Waals surface area (Å²) in [5.74, 6) is 6.00. The predicted molar refractivity (Wildman–Crippen MR) is 132 cm³/mol. The summed E-state index contributed by atoms with van der Waals surface area (Å²) in [6, 6.07) is 11.3. The number of carbonyl (C=O) groups excluding carboxylic acids is 2. The van der Waals surface area contributed by atoms with Crippen LogP contribution in [0.5, 0.6) is 0 Å². The van der Waals surface area contributed by atoms with Crippen LogP contribution in [0.25, 0.3) is 0 Å². The molecular formula is C25H35N7O2. The Balaban J connectivity index is 1.69. The molecule has 2 heterocycles. The van der Waals surface area contributed by atoms with Gasteiger partial charge < -0.3 is 10.6 Å². The molecule has 3 rings (SSSR count). The van der Waals surface area contributed by atoms with Gasteiger partial charge in [0, 0.05) is 31.0 Å². The molecule has 1 unspecified atom stereocenters. The van der Waals surface area contributed by atoms with Gasteiger partial charge in [0.2, 0.25) is 5.96 Å². The van der Waals surface area contributed by atoms with E-state index in [1.54, 1.807) is 17.3 Å². The standard InChI is InChI=1S/C25H35N7O2/c1-3-5-13-25(21-8-7-14-27-17-21)22(33)32(23(30-25)31-26)18-20-11-9-19(10-12-20)16-29-24(34)28-15-6-4-2/h7-12,14,17H,3-6,13,15-16,18,26H2,1-2H3,(H,30,31)(H2,28,29,34). The van der Waals surface area contributed by atoms with Gasteiger partial charge in [-0.1, -0.05) is 63.4 Å². The van der Waals surface area contributed by atoms with Crippen LogP contribution >= 0.6 is 0 Å². The summed E-state index contributed by atoms with van der Waals surface area (Å²) in [4.78, 5) is 36.1. The average molecular weight is 466 g/mol. The SMILES string of the molecule is CCCCNC(=O)NCc1ccc(CN2C(=O)C(CCCC)(c3cccnc3)N=C2NN)cc1. The van der Waals surface area contributed by atoms with Crippen molar-refractivity contribution in [3.8, 4) is 0 Å². The monoisotopic (exact) mass is 465 g/mol. The van der Waals surface area contributed by atoms with Gasteiger partial charge in [0.05, 0.1) is 6.54 Å². The Morgan fingerprint density at radius 2 is 1.79 bits per heavy atom. The van der Waals surface area contributed by atoms with Crippen LogP contribution < -0.4 is 21.9 Å². The quantitative estimate of drug-likeness (QED) is 0.231. The summed E-state index contributed by atoms with van der Waals surface area (Å²) in [6.45, 7) is 5.60. The maximum absolute atomic E-state index is 13.7. The van der Waals surface area contributed by atoms with E-state index in [9.17, 15) is 9.59 Å². The fourth-order valence-electron chi connectivity index (χ4n) is 3.97. The molecule has 2 aromatic rings. The average Bonchev–Trinajstić information content (AvgIpc) is 3.14. The summed E-state index contributed by atoms with van der Waals surface area (Å²) in [5.41, 5.74) is 4.26. The number of benzene rings is 1. The molecule has 9 heteroatoms. The van der Waals surface area contributed by atoms with E-state index in [4.69, 9.17) is 10.8 Å². The second-order valence-corrected chi connectivity index (χ2v) is 8.46. The molecule has 1 atom stereocenters. The number of aliphatic imine (C=N–C) groups is 1. The Labute approximate surface area is 201 Å². The first-order valence-electron chi connectivity index (χ1n) is 11.9. The molecule has 182 valence electrons. The van der Waals surface area contributed by atoms with Crippen molar-refractivity contribution in [1.29, 1.82) is 0 Å². The number of carbonyl (C=O) groups is 2. The Bertz CT molecular complexity index is 979. The van der Waals surface area contributed by atoms with Crippen molar-refractivity contribution >= 4 is 17.9 Å². The molecule has 1 aliphatic heterocycles. The number of guanidine groups is 1. The highest BCUT2D eigenvalue weighted by molar-refractivity contribution is 6.07. The van der Waals surface area contributed by atoms with E-state index in [1.165, 1.54) is 0 Å². The number of hydrogen-bond acceptors (Lipinski definition) is 6. The molecule has 0 saturated carbocycles. The highest BCUT2D eigenvalue weighted by Crippen LogP contribution is 2.38. The van der Waals surface area contributed by atoms with E-state index in [0.717, 1.165) is 42.4 Å². The Hall–Kier alpha value is -3.46. The molecule has 0 spiro atoms. The van der Waals surface area contributed by atoms with Gasteiger partial charge in [0.1, 0.15) is 0 Å². The van der Waals surface area contributed by atoms with E-state index < -0.39 is 5.54 Å². The molecule has 1 aliphatic rings. The van der Waals surface area contributed by atoms with Crippen LogP contribution in [0.15, 0.2) is 53.8 Å². The third kappa shape index (κ3) is 5.91. The third-order valence-electron chi connectivity index (χ3n) is 5.94. The van der Waals surface area contributed by atoms with Gasteiger partial charge in [0.25, 0.3) is 5.91 Å². The van der Waals surface area contributed by atoms with Crippen molar-refractivity contribution in [2.75, 3.05) is 6.54 Å². The Morgan fingerprint density at radius 3 is 2.44 bits per heavy atom. The number of unbranched alkanes of at least 4 members (excludes halogenated alkanes) is 2. The maximum atomic E-state index is 13.7. The molecular weight excluding hydrogens is 430 g/mol. The first kappa shape index (κ1) is 25.2. The van der Waals surface area contributed by atoms with Crippen molar-refractivity contribution in [3.05, 3.63) is 65.5 Å². The topological polar surface area (TPSA) is 125 Å². The fourth-order valence-corrected chi connectivity index (χ4v) is 3.97. The maximum Gasteiger partial charge on any atom is 0.315 e. The lowest BCUT2D eigenvalue weighted by atomic mass is 9.86. The number of rotatable bonds is 11. The van der Waals surface area contributed by atoms with Gasteiger partial charge in [-0.25, -0.2) is 15.6 Å². The largest absolute Gasteiger partial charge is 0.338 e. The van der Waals surface area contributed by atoms with Crippen molar-refractivity contribution in [1.82, 2.24) is 25.9 Å². The minimum absolute atomic E-state index is 0.114. The molecule has 9 nitrogen and oxygen atoms in total. The van der Waals surface area contributed by atoms with E-state index in [2.05, 4.69) is 34.9 Å². The van der Waals surface area contributed by atoms with Crippen LogP contribution in [0.1, 0.15) is 62.6 Å². The summed E-state index contributed by atoms with van der Waals surface area (Å²) in [6.07, 6.45) is 7.77. The zero-order valence-corrected chi connectivity index (χ0v) is 20.0. The molecule has 5 N–H and O–H groups in total. The van der Waals surface area contributed by atoms with Gasteiger partial charge in [0.15, 0.2) is 5.54 Å². The second kappa shape index (κ2) is 12.1. The smallest absolute Gasteiger partial charge is 0.315 e. The van der Waals surface area contributed by atoms with Gasteiger partial charge in [-0.3, -0.25) is 20.1 Å². The molecule has 0 bridgehead atoms. The number of hydrogen-bond donors (Lipinski definition) is 4. The zero-order chi connectivity index (χ0) is 24.4.